The molecule has 0 bridgehead atoms. The van der Waals surface area contributed by atoms with E-state index in [4.69, 9.17) is 4.74 Å². The fourth-order valence-electron chi connectivity index (χ4n) is 5.52. The summed E-state index contributed by atoms with van der Waals surface area (Å²) in [5, 5.41) is 3.03. The van der Waals surface area contributed by atoms with Crippen molar-refractivity contribution >= 4 is 17.7 Å². The number of carbonyl (C=O) groups is 2. The first-order chi connectivity index (χ1) is 16.7. The third kappa shape index (κ3) is 6.22. The van der Waals surface area contributed by atoms with Gasteiger partial charge in [0.2, 0.25) is 0 Å². The van der Waals surface area contributed by atoms with Gasteiger partial charge >= 0.3 is 5.97 Å². The maximum atomic E-state index is 13.6. The van der Waals surface area contributed by atoms with Crippen LogP contribution in [0.1, 0.15) is 116 Å². The highest BCUT2D eigenvalue weighted by atomic mass is 16.5. The Bertz CT molecular complexity index is 991. The van der Waals surface area contributed by atoms with Crippen LogP contribution in [0, 0.1) is 21.7 Å². The second kappa shape index (κ2) is 10.4. The molecule has 7 heteroatoms. The van der Waals surface area contributed by atoms with E-state index in [1.54, 1.807) is 12.1 Å². The molecule has 1 aromatic rings. The molecule has 0 unspecified atom stereocenters. The van der Waals surface area contributed by atoms with Gasteiger partial charge in [0.1, 0.15) is 5.66 Å². The molecule has 3 rings (SSSR count). The number of rotatable bonds is 6. The highest BCUT2D eigenvalue weighted by Gasteiger charge is 2.53. The van der Waals surface area contributed by atoms with Gasteiger partial charge in [-0.3, -0.25) is 4.79 Å². The molecule has 1 spiro atoms. The Balaban J connectivity index is 1.98. The topological polar surface area (TPSA) is 88.4 Å². The molecule has 0 radical (unpaired) electrons. The van der Waals surface area contributed by atoms with E-state index in [0.717, 1.165) is 31.2 Å². The molecule has 0 N–H and O–H groups in total. The molecule has 0 aromatic heterocycles. The summed E-state index contributed by atoms with van der Waals surface area (Å²) in [7, 11) is 0. The number of amides is 1. The van der Waals surface area contributed by atoms with E-state index in [1.807, 2.05) is 30.9 Å². The first-order valence-corrected chi connectivity index (χ1v) is 13.2. The van der Waals surface area contributed by atoms with Gasteiger partial charge in [0.25, 0.3) is 11.7 Å². The van der Waals surface area contributed by atoms with Gasteiger partial charge in [0.05, 0.1) is 17.7 Å². The van der Waals surface area contributed by atoms with Crippen LogP contribution in [-0.4, -0.2) is 34.4 Å². The van der Waals surface area contributed by atoms with E-state index in [0.29, 0.717) is 24.3 Å². The number of aliphatic imine (C=N–C) groups is 1. The van der Waals surface area contributed by atoms with Gasteiger partial charge in [-0.05, 0) is 92.0 Å². The van der Waals surface area contributed by atoms with Crippen molar-refractivity contribution in [2.24, 2.45) is 26.9 Å². The van der Waals surface area contributed by atoms with Gasteiger partial charge in [-0.2, -0.15) is 0 Å². The minimum Gasteiger partial charge on any atom is -0.459 e. The Morgan fingerprint density at radius 2 is 1.69 bits per heavy atom. The number of benzene rings is 1. The average molecular weight is 498 g/mol. The van der Waals surface area contributed by atoms with Gasteiger partial charge in [-0.15, -0.1) is 4.91 Å². The zero-order valence-electron chi connectivity index (χ0n) is 23.3. The van der Waals surface area contributed by atoms with Crippen molar-refractivity contribution in [2.75, 3.05) is 0 Å². The van der Waals surface area contributed by atoms with Crippen molar-refractivity contribution in [3.05, 3.63) is 40.3 Å². The van der Waals surface area contributed by atoms with Crippen LogP contribution in [0.2, 0.25) is 0 Å². The van der Waals surface area contributed by atoms with E-state index in [1.165, 1.54) is 0 Å². The zero-order chi connectivity index (χ0) is 26.9. The summed E-state index contributed by atoms with van der Waals surface area (Å²) in [5.74, 6) is -0.445. The number of esters is 1. The standard InChI is InChI=1S/C29H43N3O4/c1-19(2)36-26(34)21-11-9-20(10-12-21)23(15-16-27(3,4)5)32-25(33)24(31-35)30-29(32)17-13-22(14-18-29)28(6,7)8/h9-12,19,22-23H,13-18H2,1-8H3/t22?,23-,29?/m1/s1. The van der Waals surface area contributed by atoms with Crippen molar-refractivity contribution in [1.82, 2.24) is 4.90 Å². The van der Waals surface area contributed by atoms with Crippen molar-refractivity contribution in [3.8, 4) is 0 Å². The molecule has 1 atom stereocenters. The van der Waals surface area contributed by atoms with Crippen molar-refractivity contribution < 1.29 is 14.3 Å². The van der Waals surface area contributed by atoms with Crippen LogP contribution in [-0.2, 0) is 9.53 Å². The Morgan fingerprint density at radius 1 is 1.11 bits per heavy atom. The fourth-order valence-corrected chi connectivity index (χ4v) is 5.52. The highest BCUT2D eigenvalue weighted by molar-refractivity contribution is 6.39. The molecular weight excluding hydrogens is 454 g/mol. The Labute approximate surface area is 216 Å². The number of carbonyl (C=O) groups excluding carboxylic acids is 2. The van der Waals surface area contributed by atoms with E-state index in [-0.39, 0.29) is 40.7 Å². The molecule has 1 aromatic carbocycles. The lowest BCUT2D eigenvalue weighted by Crippen LogP contribution is -2.51. The SMILES string of the molecule is CC(C)OC(=O)c1ccc([C@@H](CCC(C)(C)C)N2C(=O)C(N=O)=NC23CCC(C(C)(C)C)CC3)cc1. The second-order valence-corrected chi connectivity index (χ2v) is 13.0. The summed E-state index contributed by atoms with van der Waals surface area (Å²) in [4.78, 5) is 44.1. The first kappa shape index (κ1) is 28.0. The lowest BCUT2D eigenvalue weighted by atomic mass is 9.69. The van der Waals surface area contributed by atoms with Gasteiger partial charge in [-0.1, -0.05) is 53.7 Å². The minimum atomic E-state index is -0.750. The monoisotopic (exact) mass is 497 g/mol. The predicted molar refractivity (Wildman–Crippen MR) is 143 cm³/mol. The molecule has 1 heterocycles. The van der Waals surface area contributed by atoms with Crippen LogP contribution in [0.15, 0.2) is 34.4 Å². The Kier molecular flexibility index (Phi) is 8.11. The lowest BCUT2D eigenvalue weighted by Gasteiger charge is -2.47. The number of hydrogen-bond donors (Lipinski definition) is 0. The average Bonchev–Trinajstić information content (AvgIpc) is 3.04. The maximum Gasteiger partial charge on any atom is 0.338 e. The van der Waals surface area contributed by atoms with E-state index in [2.05, 4.69) is 51.7 Å². The van der Waals surface area contributed by atoms with Gasteiger partial charge in [-0.25, -0.2) is 9.79 Å². The van der Waals surface area contributed by atoms with Crippen LogP contribution < -0.4 is 0 Å². The number of amidine groups is 1. The Morgan fingerprint density at radius 3 is 2.17 bits per heavy atom. The van der Waals surface area contributed by atoms with E-state index in [9.17, 15) is 14.5 Å². The number of ether oxygens (including phenoxy) is 1. The third-order valence-electron chi connectivity index (χ3n) is 7.62. The van der Waals surface area contributed by atoms with Crippen LogP contribution in [0.3, 0.4) is 0 Å². The third-order valence-corrected chi connectivity index (χ3v) is 7.62. The fraction of sp³-hybridized carbons (Fsp3) is 0.690. The molecule has 1 aliphatic carbocycles. The van der Waals surface area contributed by atoms with E-state index >= 15 is 0 Å². The molecule has 1 saturated carbocycles. The molecule has 2 aliphatic rings. The summed E-state index contributed by atoms with van der Waals surface area (Å²) < 4.78 is 5.33. The lowest BCUT2D eigenvalue weighted by molar-refractivity contribution is -0.134. The number of nitroso groups, excluding NO2 is 1. The Hall–Kier alpha value is -2.57. The van der Waals surface area contributed by atoms with Crippen LogP contribution in [0.5, 0.6) is 0 Å². The maximum absolute atomic E-state index is 13.6. The molecule has 1 amide bonds. The molecular formula is C29H43N3O4. The summed E-state index contributed by atoms with van der Waals surface area (Å²) in [5.41, 5.74) is 0.886. The number of hydrogen-bond acceptors (Lipinski definition) is 6. The summed E-state index contributed by atoms with van der Waals surface area (Å²) in [6, 6.07) is 7.04. The van der Waals surface area contributed by atoms with Crippen molar-refractivity contribution in [2.45, 2.75) is 112 Å². The van der Waals surface area contributed by atoms with Gasteiger partial charge < -0.3 is 9.64 Å². The smallest absolute Gasteiger partial charge is 0.338 e. The van der Waals surface area contributed by atoms with Crippen molar-refractivity contribution in [3.63, 3.8) is 0 Å². The predicted octanol–water partition coefficient (Wildman–Crippen LogP) is 7.06. The van der Waals surface area contributed by atoms with Crippen molar-refractivity contribution in [1.29, 1.82) is 0 Å². The largest absolute Gasteiger partial charge is 0.459 e. The highest BCUT2D eigenvalue weighted by Crippen LogP contribution is 2.49. The van der Waals surface area contributed by atoms with Gasteiger partial charge in [0.15, 0.2) is 0 Å². The summed E-state index contributed by atoms with van der Waals surface area (Å²) in [6.45, 7) is 17.0. The minimum absolute atomic E-state index is 0.0612. The van der Waals surface area contributed by atoms with Crippen LogP contribution in [0.4, 0.5) is 0 Å². The quantitative estimate of drug-likeness (QED) is 0.311. The van der Waals surface area contributed by atoms with E-state index < -0.39 is 5.66 Å². The normalized spacial score (nSPS) is 23.7. The summed E-state index contributed by atoms with van der Waals surface area (Å²) in [6.07, 6.45) is 4.70. The molecule has 1 aliphatic heterocycles. The zero-order valence-corrected chi connectivity index (χ0v) is 23.3. The molecule has 0 saturated heterocycles. The van der Waals surface area contributed by atoms with Crippen LogP contribution in [0.25, 0.3) is 0 Å². The molecule has 7 nitrogen and oxygen atoms in total. The summed E-state index contributed by atoms with van der Waals surface area (Å²) >= 11 is 0. The second-order valence-electron chi connectivity index (χ2n) is 13.0. The molecule has 36 heavy (non-hydrogen) atoms. The first-order valence-electron chi connectivity index (χ1n) is 13.2. The molecule has 1 fully saturated rings. The van der Waals surface area contributed by atoms with Crippen LogP contribution >= 0.6 is 0 Å². The molecule has 198 valence electrons. The van der Waals surface area contributed by atoms with Gasteiger partial charge in [0, 0.05) is 0 Å². The number of nitrogens with zero attached hydrogens (tertiary/aromatic N) is 3.